The monoisotopic (exact) mass is 510 g/mol. The van der Waals surface area contributed by atoms with E-state index in [0.29, 0.717) is 35.3 Å². The van der Waals surface area contributed by atoms with Crippen molar-refractivity contribution in [3.8, 4) is 0 Å². The number of hydrogen-bond acceptors (Lipinski definition) is 9. The highest BCUT2D eigenvalue weighted by Crippen LogP contribution is 2.36. The second-order valence-electron chi connectivity index (χ2n) is 7.70. The van der Waals surface area contributed by atoms with E-state index in [1.54, 1.807) is 35.8 Å². The summed E-state index contributed by atoms with van der Waals surface area (Å²) in [5.74, 6) is 0.679. The molecule has 9 nitrogen and oxygen atoms in total. The summed E-state index contributed by atoms with van der Waals surface area (Å²) in [6.07, 6.45) is 0.124. The first-order valence-electron chi connectivity index (χ1n) is 10.1. The van der Waals surface area contributed by atoms with Gasteiger partial charge in [0.15, 0.2) is 5.82 Å². The molecule has 1 aliphatic heterocycles. The third-order valence-corrected chi connectivity index (χ3v) is 5.70. The predicted molar refractivity (Wildman–Crippen MR) is 127 cm³/mol. The van der Waals surface area contributed by atoms with Gasteiger partial charge >= 0.3 is 6.18 Å². The van der Waals surface area contributed by atoms with Crippen molar-refractivity contribution >= 4 is 48.6 Å². The Kier molecular flexibility index (Phi) is 6.62. The summed E-state index contributed by atoms with van der Waals surface area (Å²) in [6, 6.07) is 1.82. The summed E-state index contributed by atoms with van der Waals surface area (Å²) < 4.78 is 39.1. The van der Waals surface area contributed by atoms with Crippen LogP contribution in [-0.2, 0) is 24.1 Å². The molecule has 1 amide bonds. The Morgan fingerprint density at radius 2 is 1.97 bits per heavy atom. The van der Waals surface area contributed by atoms with E-state index >= 15 is 0 Å². The molecule has 2 N–H and O–H groups in total. The Hall–Kier alpha value is -3.00. The van der Waals surface area contributed by atoms with E-state index in [9.17, 15) is 18.0 Å². The molecule has 14 heteroatoms. The standard InChI is InChI=1S/C20H21F3N8OS2/c1-10-15-16(31(19(33)34)11(2)17(32)28-15)29-18(27-10)25-6-13-7-26-30(9-13)8-12-3-4-14(24-5-12)20(21,22)23/h3-5,7,9,11,19,33-34H,6,8H2,1-2H3,(H,28,32)(H,25,27,29)/t11-/m0/s1. The van der Waals surface area contributed by atoms with Crippen LogP contribution in [0, 0.1) is 6.92 Å². The highest BCUT2D eigenvalue weighted by molar-refractivity contribution is 7.99. The van der Waals surface area contributed by atoms with Crippen LogP contribution < -0.4 is 15.5 Å². The Morgan fingerprint density at radius 1 is 1.21 bits per heavy atom. The fourth-order valence-electron chi connectivity index (χ4n) is 3.45. The summed E-state index contributed by atoms with van der Waals surface area (Å²) >= 11 is 8.73. The van der Waals surface area contributed by atoms with Crippen molar-refractivity contribution in [3.63, 3.8) is 0 Å². The number of anilines is 3. The largest absolute Gasteiger partial charge is 0.433 e. The maximum absolute atomic E-state index is 12.7. The maximum Gasteiger partial charge on any atom is 0.433 e. The molecule has 4 heterocycles. The van der Waals surface area contributed by atoms with Crippen molar-refractivity contribution in [2.45, 2.75) is 43.9 Å². The number of fused-ring (bicyclic) bond motifs is 1. The van der Waals surface area contributed by atoms with Crippen LogP contribution in [-0.4, -0.2) is 41.4 Å². The van der Waals surface area contributed by atoms with Gasteiger partial charge in [0.25, 0.3) is 0 Å². The Morgan fingerprint density at radius 3 is 2.62 bits per heavy atom. The van der Waals surface area contributed by atoms with Crippen molar-refractivity contribution in [1.82, 2.24) is 24.7 Å². The van der Waals surface area contributed by atoms with Crippen molar-refractivity contribution in [1.29, 1.82) is 0 Å². The first kappa shape index (κ1) is 24.1. The summed E-state index contributed by atoms with van der Waals surface area (Å²) in [5, 5.41) is 10.2. The molecule has 180 valence electrons. The predicted octanol–water partition coefficient (Wildman–Crippen LogP) is 3.35. The minimum Gasteiger partial charge on any atom is -0.350 e. The number of carbonyl (C=O) groups excluding carboxylic acids is 1. The normalized spacial score (nSPS) is 15.9. The Bertz CT molecular complexity index is 1200. The molecule has 3 aromatic rings. The number of thiol groups is 2. The van der Waals surface area contributed by atoms with Crippen LogP contribution in [0.1, 0.15) is 29.4 Å². The quantitative estimate of drug-likeness (QED) is 0.298. The number of pyridine rings is 1. The van der Waals surface area contributed by atoms with Crippen LogP contribution in [0.2, 0.25) is 0 Å². The summed E-state index contributed by atoms with van der Waals surface area (Å²) in [4.78, 5) is 26.4. The molecule has 0 aliphatic carbocycles. The molecular formula is C20H21F3N8OS2. The van der Waals surface area contributed by atoms with Crippen molar-refractivity contribution in [2.24, 2.45) is 0 Å². The maximum atomic E-state index is 12.7. The zero-order valence-electron chi connectivity index (χ0n) is 18.1. The summed E-state index contributed by atoms with van der Waals surface area (Å²) in [6.45, 7) is 4.14. The topological polar surface area (TPSA) is 101 Å². The van der Waals surface area contributed by atoms with E-state index in [2.05, 4.69) is 55.9 Å². The Labute approximate surface area is 204 Å². The van der Waals surface area contributed by atoms with E-state index < -0.39 is 22.6 Å². The van der Waals surface area contributed by atoms with E-state index in [-0.39, 0.29) is 12.5 Å². The van der Waals surface area contributed by atoms with Crippen molar-refractivity contribution < 1.29 is 18.0 Å². The molecule has 0 fully saturated rings. The molecule has 1 aliphatic rings. The number of rotatable bonds is 6. The number of amides is 1. The van der Waals surface area contributed by atoms with Crippen LogP contribution >= 0.6 is 25.3 Å². The number of nitrogens with one attached hydrogen (secondary N) is 2. The smallest absolute Gasteiger partial charge is 0.350 e. The van der Waals surface area contributed by atoms with Gasteiger partial charge in [-0.25, -0.2) is 4.98 Å². The second-order valence-corrected chi connectivity index (χ2v) is 9.08. The SMILES string of the molecule is Cc1nc(NCc2cnn(Cc3ccc(C(F)(F)F)nc3)c2)nc2c1NC(=O)[C@H](C)N2C(S)S. The van der Waals surface area contributed by atoms with Crippen LogP contribution in [0.5, 0.6) is 0 Å². The van der Waals surface area contributed by atoms with Gasteiger partial charge in [-0.05, 0) is 25.5 Å². The molecule has 0 bridgehead atoms. The average Bonchev–Trinajstić information content (AvgIpc) is 3.20. The fraction of sp³-hybridized carbons (Fsp3) is 0.350. The van der Waals surface area contributed by atoms with Gasteiger partial charge in [-0.15, -0.1) is 25.3 Å². The van der Waals surface area contributed by atoms with Crippen molar-refractivity contribution in [2.75, 3.05) is 15.5 Å². The molecule has 0 aromatic carbocycles. The molecule has 0 saturated heterocycles. The van der Waals surface area contributed by atoms with Gasteiger partial charge in [0.1, 0.15) is 22.1 Å². The van der Waals surface area contributed by atoms with Crippen LogP contribution in [0.3, 0.4) is 0 Å². The number of alkyl halides is 3. The summed E-state index contributed by atoms with van der Waals surface area (Å²) in [5.41, 5.74) is 1.58. The molecule has 34 heavy (non-hydrogen) atoms. The number of halogens is 3. The Balaban J connectivity index is 1.45. The van der Waals surface area contributed by atoms with Gasteiger partial charge in [-0.3, -0.25) is 14.5 Å². The number of hydrogen-bond donors (Lipinski definition) is 4. The lowest BCUT2D eigenvalue weighted by atomic mass is 10.2. The van der Waals surface area contributed by atoms with E-state index in [1.165, 1.54) is 12.3 Å². The first-order chi connectivity index (χ1) is 16.0. The molecule has 1 atom stereocenters. The molecule has 4 rings (SSSR count). The average molecular weight is 511 g/mol. The molecule has 0 spiro atoms. The third-order valence-electron chi connectivity index (χ3n) is 5.21. The molecular weight excluding hydrogens is 489 g/mol. The highest BCUT2D eigenvalue weighted by Gasteiger charge is 2.35. The lowest BCUT2D eigenvalue weighted by molar-refractivity contribution is -0.141. The number of aromatic nitrogens is 5. The van der Waals surface area contributed by atoms with Crippen LogP contribution in [0.4, 0.5) is 30.6 Å². The lowest BCUT2D eigenvalue weighted by Gasteiger charge is -2.37. The van der Waals surface area contributed by atoms with Crippen LogP contribution in [0.25, 0.3) is 0 Å². The molecule has 3 aromatic heterocycles. The minimum atomic E-state index is -4.47. The first-order valence-corrected chi connectivity index (χ1v) is 11.2. The third kappa shape index (κ3) is 5.06. The second kappa shape index (κ2) is 9.33. The van der Waals surface area contributed by atoms with Gasteiger partial charge in [-0.1, -0.05) is 6.07 Å². The van der Waals surface area contributed by atoms with Crippen molar-refractivity contribution in [3.05, 3.63) is 53.2 Å². The van der Waals surface area contributed by atoms with E-state index in [0.717, 1.165) is 11.6 Å². The zero-order chi connectivity index (χ0) is 24.6. The zero-order valence-corrected chi connectivity index (χ0v) is 19.9. The van der Waals surface area contributed by atoms with E-state index in [4.69, 9.17) is 0 Å². The van der Waals surface area contributed by atoms with Gasteiger partial charge in [0.05, 0.1) is 18.4 Å². The molecule has 0 unspecified atom stereocenters. The van der Waals surface area contributed by atoms with E-state index in [1.807, 2.05) is 0 Å². The van der Waals surface area contributed by atoms with Gasteiger partial charge < -0.3 is 15.5 Å². The van der Waals surface area contributed by atoms with Gasteiger partial charge in [0, 0.05) is 24.5 Å². The van der Waals surface area contributed by atoms with Gasteiger partial charge in [-0.2, -0.15) is 23.3 Å². The number of carbonyl (C=O) groups is 1. The number of nitrogens with zero attached hydrogens (tertiary/aromatic N) is 6. The molecule has 0 saturated carbocycles. The van der Waals surface area contributed by atoms with Crippen LogP contribution in [0.15, 0.2) is 30.7 Å². The number of aryl methyl sites for hydroxylation is 1. The van der Waals surface area contributed by atoms with Gasteiger partial charge in [0.2, 0.25) is 11.9 Å². The summed E-state index contributed by atoms with van der Waals surface area (Å²) in [7, 11) is 0. The fourth-order valence-corrected chi connectivity index (χ4v) is 4.07. The molecule has 0 radical (unpaired) electrons. The minimum absolute atomic E-state index is 0.191. The lowest BCUT2D eigenvalue weighted by Crippen LogP contribution is -2.49. The highest BCUT2D eigenvalue weighted by atomic mass is 32.2.